The van der Waals surface area contributed by atoms with E-state index in [2.05, 4.69) is 0 Å². The third kappa shape index (κ3) is 1.03. The Hall–Kier alpha value is -1.22. The Balaban J connectivity index is 2.27. The van der Waals surface area contributed by atoms with E-state index in [1.807, 2.05) is 24.3 Å². The number of hydrogen-bond donors (Lipinski definition) is 0. The van der Waals surface area contributed by atoms with Crippen molar-refractivity contribution in [3.63, 3.8) is 0 Å². The summed E-state index contributed by atoms with van der Waals surface area (Å²) in [5.41, 5.74) is 0. The van der Waals surface area contributed by atoms with Crippen LogP contribution in [0.25, 0.3) is 0 Å². The molecule has 0 aromatic heterocycles. The maximum Gasteiger partial charge on any atom is 0.486 e. The molecule has 1 radical (unpaired) electrons. The lowest BCUT2D eigenvalue weighted by atomic mass is 10.3. The monoisotopic (exact) mass is 151 g/mol. The summed E-state index contributed by atoms with van der Waals surface area (Å²) in [6.07, 6.45) is 0. The summed E-state index contributed by atoms with van der Waals surface area (Å²) in [4.78, 5) is 0. The van der Waals surface area contributed by atoms with Crippen molar-refractivity contribution in [2.24, 2.45) is 0 Å². The van der Waals surface area contributed by atoms with Crippen molar-refractivity contribution >= 4 is 0 Å². The first kappa shape index (κ1) is 6.49. The summed E-state index contributed by atoms with van der Waals surface area (Å²) in [7, 11) is 1.50. The highest BCUT2D eigenvalue weighted by Crippen LogP contribution is 2.36. The Bertz CT molecular complexity index is 234. The first-order chi connectivity index (χ1) is 5.40. The fourth-order valence-electron chi connectivity index (χ4n) is 0.903. The topological polar surface area (TPSA) is 27.7 Å². The highest BCUT2D eigenvalue weighted by molar-refractivity contribution is 5.42. The predicted octanol–water partition coefficient (Wildman–Crippen LogP) is 1.55. The lowest BCUT2D eigenvalue weighted by Gasteiger charge is -2.00. The second kappa shape index (κ2) is 2.43. The number of methoxy groups -OCH3 is 1. The number of fused-ring (bicyclic) bond motifs is 1. The van der Waals surface area contributed by atoms with Gasteiger partial charge in [-0.1, -0.05) is 12.1 Å². The number of hydrogen-bond acceptors (Lipinski definition) is 3. The van der Waals surface area contributed by atoms with Crippen LogP contribution >= 0.6 is 0 Å². The van der Waals surface area contributed by atoms with Gasteiger partial charge in [0.25, 0.3) is 0 Å². The van der Waals surface area contributed by atoms with E-state index < -0.39 is 0 Å². The molecule has 0 aliphatic carbocycles. The predicted molar refractivity (Wildman–Crippen MR) is 38.0 cm³/mol. The van der Waals surface area contributed by atoms with Crippen molar-refractivity contribution in [2.45, 2.75) is 0 Å². The van der Waals surface area contributed by atoms with E-state index in [-0.39, 0.29) is 6.48 Å². The van der Waals surface area contributed by atoms with Gasteiger partial charge in [-0.3, -0.25) is 0 Å². The van der Waals surface area contributed by atoms with Crippen LogP contribution in [0.5, 0.6) is 11.5 Å². The van der Waals surface area contributed by atoms with E-state index in [9.17, 15) is 0 Å². The molecule has 1 aliphatic rings. The van der Waals surface area contributed by atoms with Crippen LogP contribution in [0.1, 0.15) is 0 Å². The number of ether oxygens (including phenoxy) is 3. The Kier molecular flexibility index (Phi) is 1.43. The fraction of sp³-hybridized carbons (Fsp3) is 0.125. The first-order valence-electron chi connectivity index (χ1n) is 3.26. The molecule has 0 amide bonds. The summed E-state index contributed by atoms with van der Waals surface area (Å²) in [6, 6.07) is 7.39. The molecular weight excluding hydrogens is 144 g/mol. The van der Waals surface area contributed by atoms with Gasteiger partial charge in [0.2, 0.25) is 0 Å². The quantitative estimate of drug-likeness (QED) is 0.609. The van der Waals surface area contributed by atoms with Gasteiger partial charge in [-0.2, -0.15) is 0 Å². The molecular formula is C8H7O3. The average Bonchev–Trinajstić information content (AvgIpc) is 2.46. The minimum atomic E-state index is 0.186. The molecule has 1 aromatic carbocycles. The Labute approximate surface area is 64.5 Å². The summed E-state index contributed by atoms with van der Waals surface area (Å²) >= 11 is 0. The first-order valence-corrected chi connectivity index (χ1v) is 3.26. The molecule has 0 bridgehead atoms. The molecule has 0 spiro atoms. The molecule has 0 N–H and O–H groups in total. The zero-order valence-electron chi connectivity index (χ0n) is 6.03. The number of para-hydroxylation sites is 2. The lowest BCUT2D eigenvalue weighted by Crippen LogP contribution is -2.08. The van der Waals surface area contributed by atoms with Gasteiger partial charge in [0.15, 0.2) is 11.5 Å². The van der Waals surface area contributed by atoms with Crippen molar-refractivity contribution in [3.8, 4) is 11.5 Å². The molecule has 1 aromatic rings. The summed E-state index contributed by atoms with van der Waals surface area (Å²) in [5, 5.41) is 0. The zero-order chi connectivity index (χ0) is 7.68. The molecule has 0 saturated carbocycles. The Morgan fingerprint density at radius 3 is 2.09 bits per heavy atom. The molecule has 3 heteroatoms. The second-order valence-corrected chi connectivity index (χ2v) is 2.10. The molecule has 2 rings (SSSR count). The lowest BCUT2D eigenvalue weighted by molar-refractivity contribution is -0.0430. The van der Waals surface area contributed by atoms with Crippen LogP contribution in [-0.4, -0.2) is 7.11 Å². The van der Waals surface area contributed by atoms with Crippen molar-refractivity contribution in [2.75, 3.05) is 7.11 Å². The Morgan fingerprint density at radius 2 is 1.64 bits per heavy atom. The minimum absolute atomic E-state index is 0.186. The van der Waals surface area contributed by atoms with Crippen LogP contribution in [0.4, 0.5) is 0 Å². The normalized spacial score (nSPS) is 15.4. The minimum Gasteiger partial charge on any atom is -0.418 e. The highest BCUT2D eigenvalue weighted by Gasteiger charge is 2.26. The van der Waals surface area contributed by atoms with E-state index in [0.29, 0.717) is 11.5 Å². The number of rotatable bonds is 1. The van der Waals surface area contributed by atoms with Gasteiger partial charge in [-0.15, -0.1) is 0 Å². The van der Waals surface area contributed by atoms with Gasteiger partial charge in [0.05, 0.1) is 0 Å². The van der Waals surface area contributed by atoms with E-state index >= 15 is 0 Å². The summed E-state index contributed by atoms with van der Waals surface area (Å²) < 4.78 is 15.0. The van der Waals surface area contributed by atoms with Crippen molar-refractivity contribution in [3.05, 3.63) is 30.7 Å². The van der Waals surface area contributed by atoms with Gasteiger partial charge in [0, 0.05) is 7.11 Å². The van der Waals surface area contributed by atoms with Crippen LogP contribution in [0.15, 0.2) is 24.3 Å². The third-order valence-corrected chi connectivity index (χ3v) is 1.40. The van der Waals surface area contributed by atoms with Crippen molar-refractivity contribution in [1.82, 2.24) is 0 Å². The van der Waals surface area contributed by atoms with E-state index in [1.54, 1.807) is 0 Å². The van der Waals surface area contributed by atoms with Gasteiger partial charge < -0.3 is 14.2 Å². The van der Waals surface area contributed by atoms with Gasteiger partial charge in [-0.05, 0) is 12.1 Å². The smallest absolute Gasteiger partial charge is 0.418 e. The maximum absolute atomic E-state index is 5.13. The van der Waals surface area contributed by atoms with Crippen LogP contribution in [0, 0.1) is 6.48 Å². The van der Waals surface area contributed by atoms with Gasteiger partial charge in [0.1, 0.15) is 0 Å². The SMILES string of the molecule is CO[C]1Oc2ccccc2O1. The standard InChI is InChI=1S/C8H7O3/c1-9-8-10-6-4-2-3-5-7(6)11-8/h2-5H,1H3. The molecule has 57 valence electrons. The van der Waals surface area contributed by atoms with Crippen molar-refractivity contribution in [1.29, 1.82) is 0 Å². The van der Waals surface area contributed by atoms with Crippen LogP contribution in [0.3, 0.4) is 0 Å². The van der Waals surface area contributed by atoms with E-state index in [4.69, 9.17) is 14.2 Å². The molecule has 0 unspecified atom stereocenters. The van der Waals surface area contributed by atoms with E-state index in [1.165, 1.54) is 7.11 Å². The summed E-state index contributed by atoms with van der Waals surface area (Å²) in [5.74, 6) is 1.40. The van der Waals surface area contributed by atoms with Gasteiger partial charge in [-0.25, -0.2) is 0 Å². The zero-order valence-corrected chi connectivity index (χ0v) is 6.03. The molecule has 0 saturated heterocycles. The molecule has 0 atom stereocenters. The Morgan fingerprint density at radius 1 is 1.09 bits per heavy atom. The second-order valence-electron chi connectivity index (χ2n) is 2.10. The van der Waals surface area contributed by atoms with Crippen LogP contribution in [-0.2, 0) is 4.74 Å². The van der Waals surface area contributed by atoms with Gasteiger partial charge >= 0.3 is 6.48 Å². The third-order valence-electron chi connectivity index (χ3n) is 1.40. The van der Waals surface area contributed by atoms with Crippen molar-refractivity contribution < 1.29 is 14.2 Å². The summed E-state index contributed by atoms with van der Waals surface area (Å²) in [6.45, 7) is 0.186. The largest absolute Gasteiger partial charge is 0.486 e. The van der Waals surface area contributed by atoms with Crippen LogP contribution in [0.2, 0.25) is 0 Å². The molecule has 3 nitrogen and oxygen atoms in total. The molecule has 0 fully saturated rings. The fourth-order valence-corrected chi connectivity index (χ4v) is 0.903. The van der Waals surface area contributed by atoms with Crippen LogP contribution < -0.4 is 9.47 Å². The average molecular weight is 151 g/mol. The number of benzene rings is 1. The van der Waals surface area contributed by atoms with E-state index in [0.717, 1.165) is 0 Å². The molecule has 1 heterocycles. The molecule has 11 heavy (non-hydrogen) atoms. The maximum atomic E-state index is 5.13. The molecule has 1 aliphatic heterocycles. The highest BCUT2D eigenvalue weighted by atomic mass is 16.9.